The molecule has 0 radical (unpaired) electrons. The first-order valence-corrected chi connectivity index (χ1v) is 6.58. The average molecular weight is 372 g/mol. The maximum atomic E-state index is 11.9. The maximum absolute atomic E-state index is 11.9. The van der Waals surface area contributed by atoms with Crippen LogP contribution >= 0.6 is 34.8 Å². The number of carbonyl (C=O) groups is 2. The molecule has 0 aliphatic carbocycles. The molecule has 1 aliphatic rings. The van der Waals surface area contributed by atoms with Crippen LogP contribution in [0.5, 0.6) is 0 Å². The van der Waals surface area contributed by atoms with Crippen molar-refractivity contribution < 1.29 is 9.59 Å². The van der Waals surface area contributed by atoms with Gasteiger partial charge in [-0.3, -0.25) is 19.8 Å². The number of benzene rings is 1. The summed E-state index contributed by atoms with van der Waals surface area (Å²) in [5, 5.41) is 2.60. The van der Waals surface area contributed by atoms with Crippen molar-refractivity contribution in [1.82, 2.24) is 10.2 Å². The van der Waals surface area contributed by atoms with Gasteiger partial charge in [0.2, 0.25) is 0 Å². The van der Waals surface area contributed by atoms with Crippen LogP contribution in [-0.4, -0.2) is 28.9 Å². The number of likely N-dealkylation sites (N-methyl/N-ethyl adjacent to an activating group) is 1. The third kappa shape index (κ3) is 2.59. The van der Waals surface area contributed by atoms with Gasteiger partial charge in [-0.2, -0.15) is 0 Å². The van der Waals surface area contributed by atoms with Gasteiger partial charge in [0, 0.05) is 10.6 Å². The Balaban J connectivity index is 2.37. The Hall–Kier alpha value is -1.28. The van der Waals surface area contributed by atoms with Gasteiger partial charge in [0.05, 0.1) is 0 Å². The van der Waals surface area contributed by atoms with Crippen LogP contribution in [0.25, 0.3) is 6.08 Å². The molecule has 92 valence electrons. The molecule has 0 aromatic heterocycles. The molecule has 1 N–H and O–H groups in total. The lowest BCUT2D eigenvalue weighted by Gasteiger charge is -2.24. The molecule has 1 saturated heterocycles. The van der Waals surface area contributed by atoms with E-state index in [4.69, 9.17) is 12.2 Å². The topological polar surface area (TPSA) is 49.4 Å². The second-order valence-electron chi connectivity index (χ2n) is 3.73. The Morgan fingerprint density at radius 2 is 1.89 bits per heavy atom. The highest BCUT2D eigenvalue weighted by Crippen LogP contribution is 2.14. The average Bonchev–Trinajstić information content (AvgIpc) is 2.34. The molecule has 0 unspecified atom stereocenters. The summed E-state index contributed by atoms with van der Waals surface area (Å²) in [7, 11) is 1.53. The molecule has 2 amide bonds. The Morgan fingerprint density at radius 3 is 2.50 bits per heavy atom. The molecule has 0 saturated carbocycles. The van der Waals surface area contributed by atoms with Gasteiger partial charge in [0.1, 0.15) is 5.57 Å². The zero-order chi connectivity index (χ0) is 13.3. The summed E-state index contributed by atoms with van der Waals surface area (Å²) >= 11 is 7.05. The third-order valence-corrected chi connectivity index (χ3v) is 3.58. The first-order valence-electron chi connectivity index (χ1n) is 5.09. The summed E-state index contributed by atoms with van der Waals surface area (Å²) in [4.78, 5) is 24.9. The molecule has 18 heavy (non-hydrogen) atoms. The molecule has 1 fully saturated rings. The predicted molar refractivity (Wildman–Crippen MR) is 80.6 cm³/mol. The van der Waals surface area contributed by atoms with Gasteiger partial charge in [-0.05, 0) is 58.6 Å². The summed E-state index contributed by atoms with van der Waals surface area (Å²) < 4.78 is 1.09. The summed E-state index contributed by atoms with van der Waals surface area (Å²) in [6.07, 6.45) is 1.56. The molecule has 1 aromatic carbocycles. The molecule has 4 nitrogen and oxygen atoms in total. The SMILES string of the molecule is CN1C(=O)/C(=C\c2ccc(I)cc2)C(=O)NC1=S. The van der Waals surface area contributed by atoms with Crippen LogP contribution in [0.3, 0.4) is 0 Å². The lowest BCUT2D eigenvalue weighted by molar-refractivity contribution is -0.128. The second-order valence-corrected chi connectivity index (χ2v) is 5.37. The van der Waals surface area contributed by atoms with E-state index in [2.05, 4.69) is 27.9 Å². The zero-order valence-corrected chi connectivity index (χ0v) is 12.4. The van der Waals surface area contributed by atoms with E-state index in [-0.39, 0.29) is 16.6 Å². The van der Waals surface area contributed by atoms with Crippen LogP contribution in [0.2, 0.25) is 0 Å². The van der Waals surface area contributed by atoms with Crippen LogP contribution in [-0.2, 0) is 9.59 Å². The van der Waals surface area contributed by atoms with Gasteiger partial charge in [0.15, 0.2) is 5.11 Å². The highest BCUT2D eigenvalue weighted by Gasteiger charge is 2.30. The van der Waals surface area contributed by atoms with Crippen molar-refractivity contribution in [3.8, 4) is 0 Å². The first-order chi connectivity index (χ1) is 8.49. The lowest BCUT2D eigenvalue weighted by Crippen LogP contribution is -2.52. The van der Waals surface area contributed by atoms with Gasteiger partial charge < -0.3 is 0 Å². The van der Waals surface area contributed by atoms with Crippen LogP contribution in [0.4, 0.5) is 0 Å². The van der Waals surface area contributed by atoms with E-state index in [9.17, 15) is 9.59 Å². The second kappa shape index (κ2) is 5.15. The van der Waals surface area contributed by atoms with E-state index >= 15 is 0 Å². The van der Waals surface area contributed by atoms with Crippen LogP contribution in [0.1, 0.15) is 5.56 Å². The van der Waals surface area contributed by atoms with Gasteiger partial charge in [-0.15, -0.1) is 0 Å². The van der Waals surface area contributed by atoms with Crippen molar-refractivity contribution in [1.29, 1.82) is 0 Å². The third-order valence-electron chi connectivity index (χ3n) is 2.49. The predicted octanol–water partition coefficient (Wildman–Crippen LogP) is 1.55. The Morgan fingerprint density at radius 1 is 1.28 bits per heavy atom. The molecule has 1 aliphatic heterocycles. The van der Waals surface area contributed by atoms with Gasteiger partial charge in [0.25, 0.3) is 11.8 Å². The number of nitrogens with zero attached hydrogens (tertiary/aromatic N) is 1. The van der Waals surface area contributed by atoms with E-state index in [1.165, 1.54) is 11.9 Å². The van der Waals surface area contributed by atoms with E-state index in [0.717, 1.165) is 9.13 Å². The van der Waals surface area contributed by atoms with Crippen molar-refractivity contribution in [3.63, 3.8) is 0 Å². The van der Waals surface area contributed by atoms with E-state index in [1.54, 1.807) is 6.08 Å². The number of hydrogen-bond acceptors (Lipinski definition) is 3. The minimum atomic E-state index is -0.457. The van der Waals surface area contributed by atoms with E-state index < -0.39 is 5.91 Å². The summed E-state index contributed by atoms with van der Waals surface area (Å²) in [5.74, 6) is -0.844. The smallest absolute Gasteiger partial charge is 0.265 e. The Bertz CT molecular complexity index is 566. The molecule has 1 heterocycles. The maximum Gasteiger partial charge on any atom is 0.265 e. The summed E-state index contributed by atoms with van der Waals surface area (Å²) in [5.41, 5.74) is 0.891. The van der Waals surface area contributed by atoms with Crippen LogP contribution < -0.4 is 5.32 Å². The molecular formula is C12H9IN2O2S. The largest absolute Gasteiger partial charge is 0.298 e. The van der Waals surface area contributed by atoms with Crippen LogP contribution in [0, 0.1) is 3.57 Å². The number of amides is 2. The van der Waals surface area contributed by atoms with E-state index in [1.807, 2.05) is 24.3 Å². The molecule has 1 aromatic rings. The molecular weight excluding hydrogens is 363 g/mol. The number of carbonyl (C=O) groups excluding carboxylic acids is 2. The first kappa shape index (κ1) is 13.2. The molecule has 0 bridgehead atoms. The van der Waals surface area contributed by atoms with Gasteiger partial charge in [-0.25, -0.2) is 0 Å². The number of thiocarbonyl (C=S) groups is 1. The fourth-order valence-corrected chi connectivity index (χ4v) is 2.01. The quantitative estimate of drug-likeness (QED) is 0.352. The molecule has 2 rings (SSSR count). The standard InChI is InChI=1S/C12H9IN2O2S/c1-15-11(17)9(10(16)14-12(15)18)6-7-2-4-8(13)5-3-7/h2-6H,1H3,(H,14,16,18)/b9-6-. The number of nitrogens with one attached hydrogen (secondary N) is 1. The summed E-state index contributed by atoms with van der Waals surface area (Å²) in [6, 6.07) is 7.52. The molecule has 0 atom stereocenters. The minimum absolute atomic E-state index is 0.0901. The molecule has 0 spiro atoms. The number of rotatable bonds is 1. The lowest BCUT2D eigenvalue weighted by atomic mass is 10.1. The highest BCUT2D eigenvalue weighted by molar-refractivity contribution is 14.1. The fourth-order valence-electron chi connectivity index (χ4n) is 1.47. The monoisotopic (exact) mass is 372 g/mol. The highest BCUT2D eigenvalue weighted by atomic mass is 127. The summed E-state index contributed by atoms with van der Waals surface area (Å²) in [6.45, 7) is 0. The minimum Gasteiger partial charge on any atom is -0.298 e. The Labute approximate surface area is 123 Å². The van der Waals surface area contributed by atoms with Crippen molar-refractivity contribution >= 4 is 57.8 Å². The van der Waals surface area contributed by atoms with Crippen molar-refractivity contribution in [2.75, 3.05) is 7.05 Å². The van der Waals surface area contributed by atoms with Crippen molar-refractivity contribution in [2.24, 2.45) is 0 Å². The van der Waals surface area contributed by atoms with Crippen molar-refractivity contribution in [3.05, 3.63) is 39.0 Å². The van der Waals surface area contributed by atoms with Gasteiger partial charge in [-0.1, -0.05) is 12.1 Å². The fraction of sp³-hybridized carbons (Fsp3) is 0.0833. The van der Waals surface area contributed by atoms with Crippen LogP contribution in [0.15, 0.2) is 29.8 Å². The van der Waals surface area contributed by atoms with Gasteiger partial charge >= 0.3 is 0 Å². The molecule has 6 heteroatoms. The zero-order valence-electron chi connectivity index (χ0n) is 9.44. The normalized spacial score (nSPS) is 18.2. The number of hydrogen-bond donors (Lipinski definition) is 1. The van der Waals surface area contributed by atoms with Crippen molar-refractivity contribution in [2.45, 2.75) is 0 Å². The number of halogens is 1. The van der Waals surface area contributed by atoms with E-state index in [0.29, 0.717) is 0 Å². The Kier molecular flexibility index (Phi) is 3.76.